The lowest BCUT2D eigenvalue weighted by molar-refractivity contribution is -0.143. The van der Waals surface area contributed by atoms with Crippen molar-refractivity contribution in [3.05, 3.63) is 81.8 Å². The van der Waals surface area contributed by atoms with Gasteiger partial charge in [-0.3, -0.25) is 4.79 Å². The molecule has 0 aliphatic heterocycles. The van der Waals surface area contributed by atoms with Crippen molar-refractivity contribution >= 4 is 29.3 Å². The summed E-state index contributed by atoms with van der Waals surface area (Å²) in [6.07, 6.45) is 2.81. The summed E-state index contributed by atoms with van der Waals surface area (Å²) in [5, 5.41) is 5.66. The Morgan fingerprint density at radius 3 is 2.03 bits per heavy atom. The number of thiazole rings is 1. The predicted molar refractivity (Wildman–Crippen MR) is 123 cm³/mol. The van der Waals surface area contributed by atoms with E-state index < -0.39 is 24.5 Å². The zero-order valence-electron chi connectivity index (χ0n) is 18.0. The summed E-state index contributed by atoms with van der Waals surface area (Å²) in [5.41, 5.74) is 2.39. The Morgan fingerprint density at radius 2 is 1.56 bits per heavy atom. The van der Waals surface area contributed by atoms with Crippen LogP contribution in [0.3, 0.4) is 0 Å². The molecule has 2 aromatic carbocycles. The predicted octanol–water partition coefficient (Wildman–Crippen LogP) is 3.93. The standard InChI is InChI=1S/C24H24N2O5S/c1-16-25-19(15-32-16)8-13-23(28)31-14-22(27)26-24(17-4-9-20(29-2)10-5-17)18-6-11-21(30-3)12-7-18/h4-13,15,24H,14H2,1-3H3,(H,26,27)/b13-8+. The third kappa shape index (κ3) is 6.42. The minimum absolute atomic E-state index is 0.401. The van der Waals surface area contributed by atoms with Crippen molar-refractivity contribution in [3.63, 3.8) is 0 Å². The molecule has 7 nitrogen and oxygen atoms in total. The first-order valence-corrected chi connectivity index (χ1v) is 10.7. The van der Waals surface area contributed by atoms with Crippen molar-refractivity contribution in [1.29, 1.82) is 0 Å². The molecule has 0 saturated carbocycles. The number of carbonyl (C=O) groups is 2. The second kappa shape index (κ2) is 11.1. The number of nitrogens with zero attached hydrogens (tertiary/aromatic N) is 1. The average molecular weight is 453 g/mol. The van der Waals surface area contributed by atoms with Gasteiger partial charge in [-0.05, 0) is 48.4 Å². The van der Waals surface area contributed by atoms with Crippen molar-refractivity contribution in [2.24, 2.45) is 0 Å². The van der Waals surface area contributed by atoms with E-state index in [0.717, 1.165) is 16.1 Å². The summed E-state index contributed by atoms with van der Waals surface area (Å²) in [6, 6.07) is 14.3. The van der Waals surface area contributed by atoms with Crippen LogP contribution in [-0.2, 0) is 14.3 Å². The Hall–Kier alpha value is -3.65. The molecular formula is C24H24N2O5S. The van der Waals surface area contributed by atoms with E-state index >= 15 is 0 Å². The quantitative estimate of drug-likeness (QED) is 0.391. The van der Waals surface area contributed by atoms with Crippen molar-refractivity contribution in [2.75, 3.05) is 20.8 Å². The van der Waals surface area contributed by atoms with Crippen LogP contribution in [0.25, 0.3) is 6.08 Å². The summed E-state index contributed by atoms with van der Waals surface area (Å²) >= 11 is 1.49. The molecule has 1 N–H and O–H groups in total. The second-order valence-electron chi connectivity index (χ2n) is 6.78. The Labute approximate surface area is 190 Å². The maximum Gasteiger partial charge on any atom is 0.331 e. The van der Waals surface area contributed by atoms with Gasteiger partial charge in [0.25, 0.3) is 5.91 Å². The number of carbonyl (C=O) groups excluding carboxylic acids is 2. The van der Waals surface area contributed by atoms with Gasteiger partial charge in [-0.1, -0.05) is 24.3 Å². The number of amides is 1. The molecule has 0 bridgehead atoms. The molecule has 166 valence electrons. The molecule has 0 spiro atoms. The lowest BCUT2D eigenvalue weighted by Crippen LogP contribution is -2.33. The number of hydrogen-bond acceptors (Lipinski definition) is 7. The molecule has 0 atom stereocenters. The van der Waals surface area contributed by atoms with Crippen molar-refractivity contribution in [2.45, 2.75) is 13.0 Å². The lowest BCUT2D eigenvalue weighted by Gasteiger charge is -2.20. The molecular weight excluding hydrogens is 428 g/mol. The number of nitrogens with one attached hydrogen (secondary N) is 1. The van der Waals surface area contributed by atoms with E-state index in [-0.39, 0.29) is 0 Å². The molecule has 0 radical (unpaired) electrons. The average Bonchev–Trinajstić information content (AvgIpc) is 3.25. The van der Waals surface area contributed by atoms with Gasteiger partial charge in [0.15, 0.2) is 6.61 Å². The Bertz CT molecular complexity index is 1030. The molecule has 32 heavy (non-hydrogen) atoms. The van der Waals surface area contributed by atoms with Crippen molar-refractivity contribution in [1.82, 2.24) is 10.3 Å². The van der Waals surface area contributed by atoms with Gasteiger partial charge in [0, 0.05) is 11.5 Å². The van der Waals surface area contributed by atoms with Crippen molar-refractivity contribution in [3.8, 4) is 11.5 Å². The zero-order valence-corrected chi connectivity index (χ0v) is 18.8. The van der Waals surface area contributed by atoms with E-state index in [1.807, 2.05) is 60.8 Å². The molecule has 8 heteroatoms. The highest BCUT2D eigenvalue weighted by atomic mass is 32.1. The number of hydrogen-bond donors (Lipinski definition) is 1. The third-order valence-corrected chi connectivity index (χ3v) is 5.37. The van der Waals surface area contributed by atoms with Gasteiger partial charge in [0.2, 0.25) is 0 Å². The van der Waals surface area contributed by atoms with E-state index in [4.69, 9.17) is 14.2 Å². The van der Waals surface area contributed by atoms with Gasteiger partial charge < -0.3 is 19.5 Å². The number of esters is 1. The van der Waals surface area contributed by atoms with E-state index in [1.165, 1.54) is 17.4 Å². The fourth-order valence-electron chi connectivity index (χ4n) is 2.95. The number of aryl methyl sites for hydroxylation is 1. The van der Waals surface area contributed by atoms with Crippen LogP contribution in [-0.4, -0.2) is 37.7 Å². The number of ether oxygens (including phenoxy) is 3. The Balaban J connectivity index is 1.66. The maximum absolute atomic E-state index is 12.6. The zero-order chi connectivity index (χ0) is 22.9. The first kappa shape index (κ1) is 23.0. The van der Waals surface area contributed by atoms with Gasteiger partial charge in [-0.15, -0.1) is 11.3 Å². The molecule has 0 aliphatic rings. The first-order chi connectivity index (χ1) is 15.5. The SMILES string of the molecule is COc1ccc(C(NC(=O)COC(=O)/C=C/c2csc(C)n2)c2ccc(OC)cc2)cc1. The molecule has 0 aliphatic carbocycles. The largest absolute Gasteiger partial charge is 0.497 e. The van der Waals surface area contributed by atoms with Gasteiger partial charge in [-0.25, -0.2) is 9.78 Å². The van der Waals surface area contributed by atoms with Crippen LogP contribution < -0.4 is 14.8 Å². The summed E-state index contributed by atoms with van der Waals surface area (Å²) in [7, 11) is 3.19. The number of rotatable bonds is 9. The smallest absolute Gasteiger partial charge is 0.331 e. The van der Waals surface area contributed by atoms with Crippen LogP contribution in [0.5, 0.6) is 11.5 Å². The van der Waals surface area contributed by atoms with Crippen LogP contribution in [0.15, 0.2) is 60.0 Å². The summed E-state index contributed by atoms with van der Waals surface area (Å²) < 4.78 is 15.5. The summed E-state index contributed by atoms with van der Waals surface area (Å²) in [4.78, 5) is 28.7. The van der Waals surface area contributed by atoms with E-state index in [0.29, 0.717) is 17.2 Å². The van der Waals surface area contributed by atoms with Crippen LogP contribution in [0.2, 0.25) is 0 Å². The molecule has 1 aromatic heterocycles. The summed E-state index contributed by atoms with van der Waals surface area (Å²) in [5.74, 6) is 0.387. The monoisotopic (exact) mass is 452 g/mol. The van der Waals surface area contributed by atoms with E-state index in [1.54, 1.807) is 20.3 Å². The van der Waals surface area contributed by atoms with Gasteiger partial charge in [0.1, 0.15) is 11.5 Å². The fraction of sp³-hybridized carbons (Fsp3) is 0.208. The van der Waals surface area contributed by atoms with Crippen LogP contribution in [0.4, 0.5) is 0 Å². The third-order valence-electron chi connectivity index (χ3n) is 4.58. The van der Waals surface area contributed by atoms with Gasteiger partial charge >= 0.3 is 5.97 Å². The highest BCUT2D eigenvalue weighted by molar-refractivity contribution is 7.09. The first-order valence-electron chi connectivity index (χ1n) is 9.82. The van der Waals surface area contributed by atoms with Gasteiger partial charge in [0.05, 0.1) is 31.0 Å². The van der Waals surface area contributed by atoms with E-state index in [9.17, 15) is 9.59 Å². The lowest BCUT2D eigenvalue weighted by atomic mass is 9.98. The number of aromatic nitrogens is 1. The molecule has 0 unspecified atom stereocenters. The second-order valence-corrected chi connectivity index (χ2v) is 7.84. The van der Waals surface area contributed by atoms with Crippen LogP contribution >= 0.6 is 11.3 Å². The molecule has 0 fully saturated rings. The minimum Gasteiger partial charge on any atom is -0.497 e. The van der Waals surface area contributed by atoms with Crippen LogP contribution in [0.1, 0.15) is 27.9 Å². The molecule has 3 rings (SSSR count). The highest BCUT2D eigenvalue weighted by Crippen LogP contribution is 2.26. The molecule has 3 aromatic rings. The number of methoxy groups -OCH3 is 2. The van der Waals surface area contributed by atoms with Crippen LogP contribution in [0, 0.1) is 6.92 Å². The summed E-state index contributed by atoms with van der Waals surface area (Å²) in [6.45, 7) is 1.48. The van der Waals surface area contributed by atoms with Gasteiger partial charge in [-0.2, -0.15) is 0 Å². The number of benzene rings is 2. The minimum atomic E-state index is -0.615. The fourth-order valence-corrected chi connectivity index (χ4v) is 3.53. The molecule has 0 saturated heterocycles. The Morgan fingerprint density at radius 1 is 1.00 bits per heavy atom. The van der Waals surface area contributed by atoms with Crippen molar-refractivity contribution < 1.29 is 23.8 Å². The molecule has 1 heterocycles. The normalized spacial score (nSPS) is 10.9. The maximum atomic E-state index is 12.6. The Kier molecular flexibility index (Phi) is 7.99. The highest BCUT2D eigenvalue weighted by Gasteiger charge is 2.18. The molecule has 1 amide bonds. The topological polar surface area (TPSA) is 86.8 Å². The van der Waals surface area contributed by atoms with E-state index in [2.05, 4.69) is 10.3 Å².